The Labute approximate surface area is 141 Å². The lowest BCUT2D eigenvalue weighted by Crippen LogP contribution is -2.50. The van der Waals surface area contributed by atoms with Gasteiger partial charge in [0, 0.05) is 23.2 Å². The molecule has 0 unspecified atom stereocenters. The maximum absolute atomic E-state index is 12.3. The van der Waals surface area contributed by atoms with Crippen LogP contribution in [-0.2, 0) is 4.79 Å². The molecule has 6 nitrogen and oxygen atoms in total. The molecule has 1 aromatic rings. The van der Waals surface area contributed by atoms with Gasteiger partial charge in [0.15, 0.2) is 0 Å². The molecule has 1 saturated heterocycles. The third-order valence-corrected chi connectivity index (χ3v) is 4.69. The summed E-state index contributed by atoms with van der Waals surface area (Å²) in [6.45, 7) is 1.68. The second-order valence-corrected chi connectivity index (χ2v) is 6.53. The number of rotatable bonds is 6. The molecule has 0 spiro atoms. The van der Waals surface area contributed by atoms with E-state index in [1.807, 2.05) is 30.5 Å². The van der Waals surface area contributed by atoms with Gasteiger partial charge in [0.2, 0.25) is 5.91 Å². The van der Waals surface area contributed by atoms with Gasteiger partial charge in [-0.3, -0.25) is 9.69 Å². The lowest BCUT2D eigenvalue weighted by molar-refractivity contribution is -0.118. The fourth-order valence-electron chi connectivity index (χ4n) is 2.80. The number of piperidine rings is 1. The van der Waals surface area contributed by atoms with Crippen molar-refractivity contribution in [2.45, 2.75) is 30.2 Å². The van der Waals surface area contributed by atoms with Gasteiger partial charge in [0.25, 0.3) is 0 Å². The summed E-state index contributed by atoms with van der Waals surface area (Å²) in [7, 11) is 0. The summed E-state index contributed by atoms with van der Waals surface area (Å²) in [6, 6.07) is 7.44. The van der Waals surface area contributed by atoms with Gasteiger partial charge in [-0.05, 0) is 43.8 Å². The van der Waals surface area contributed by atoms with Crippen LogP contribution in [0.3, 0.4) is 0 Å². The molecule has 0 aromatic heterocycles. The number of hydrogen-bond acceptors (Lipinski definition) is 4. The van der Waals surface area contributed by atoms with E-state index in [0.717, 1.165) is 36.4 Å². The van der Waals surface area contributed by atoms with Crippen LogP contribution in [-0.4, -0.2) is 48.8 Å². The van der Waals surface area contributed by atoms with Gasteiger partial charge in [0.05, 0.1) is 6.54 Å². The molecule has 1 aromatic carbocycles. The normalized spacial score (nSPS) is 18.4. The molecule has 0 radical (unpaired) electrons. The van der Waals surface area contributed by atoms with Crippen molar-refractivity contribution in [3.8, 4) is 0 Å². The summed E-state index contributed by atoms with van der Waals surface area (Å²) >= 11 is 1.64. The zero-order chi connectivity index (χ0) is 16.7. The molecule has 1 fully saturated rings. The van der Waals surface area contributed by atoms with E-state index in [4.69, 9.17) is 5.73 Å². The van der Waals surface area contributed by atoms with Crippen LogP contribution < -0.4 is 16.4 Å². The van der Waals surface area contributed by atoms with Crippen LogP contribution in [0.5, 0.6) is 0 Å². The largest absolute Gasteiger partial charge is 0.352 e. The Morgan fingerprint density at radius 2 is 2.22 bits per heavy atom. The van der Waals surface area contributed by atoms with Crippen LogP contribution >= 0.6 is 11.8 Å². The number of nitrogens with one attached hydrogen (secondary N) is 2. The van der Waals surface area contributed by atoms with E-state index in [9.17, 15) is 9.59 Å². The van der Waals surface area contributed by atoms with Crippen LogP contribution in [0.25, 0.3) is 0 Å². The number of anilines is 1. The van der Waals surface area contributed by atoms with E-state index in [0.29, 0.717) is 13.1 Å². The van der Waals surface area contributed by atoms with Crippen molar-refractivity contribution >= 4 is 29.4 Å². The Kier molecular flexibility index (Phi) is 6.73. The van der Waals surface area contributed by atoms with Gasteiger partial charge >= 0.3 is 6.03 Å². The van der Waals surface area contributed by atoms with Crippen molar-refractivity contribution in [2.75, 3.05) is 31.2 Å². The van der Waals surface area contributed by atoms with Crippen molar-refractivity contribution in [1.82, 2.24) is 10.2 Å². The molecule has 1 aliphatic heterocycles. The van der Waals surface area contributed by atoms with Crippen LogP contribution in [0.1, 0.15) is 19.3 Å². The Balaban J connectivity index is 1.89. The highest BCUT2D eigenvalue weighted by atomic mass is 32.2. The molecule has 7 heteroatoms. The van der Waals surface area contributed by atoms with Crippen molar-refractivity contribution < 1.29 is 9.59 Å². The molecule has 0 bridgehead atoms. The van der Waals surface area contributed by atoms with E-state index in [2.05, 4.69) is 15.5 Å². The van der Waals surface area contributed by atoms with Gasteiger partial charge in [-0.25, -0.2) is 4.79 Å². The minimum atomic E-state index is -0.520. The number of nitrogens with zero attached hydrogens (tertiary/aromatic N) is 1. The SMILES string of the molecule is CSc1cccc(NC(=O)CN2CCCC[C@H]2CNC(N)=O)c1. The van der Waals surface area contributed by atoms with E-state index < -0.39 is 6.03 Å². The third-order valence-electron chi connectivity index (χ3n) is 3.96. The summed E-state index contributed by atoms with van der Waals surface area (Å²) in [4.78, 5) is 26.4. The maximum Gasteiger partial charge on any atom is 0.312 e. The van der Waals surface area contributed by atoms with Crippen molar-refractivity contribution in [3.05, 3.63) is 24.3 Å². The van der Waals surface area contributed by atoms with Crippen LogP contribution in [0.4, 0.5) is 10.5 Å². The first-order valence-corrected chi connectivity index (χ1v) is 9.02. The number of urea groups is 1. The first kappa shape index (κ1) is 17.6. The smallest absolute Gasteiger partial charge is 0.312 e. The number of thioether (sulfide) groups is 1. The molecule has 1 heterocycles. The molecule has 0 saturated carbocycles. The first-order valence-electron chi connectivity index (χ1n) is 7.79. The van der Waals surface area contributed by atoms with Crippen LogP contribution in [0.2, 0.25) is 0 Å². The molecule has 4 N–H and O–H groups in total. The number of carbonyl (C=O) groups is 2. The second kappa shape index (κ2) is 8.79. The zero-order valence-electron chi connectivity index (χ0n) is 13.4. The molecule has 1 aliphatic rings. The van der Waals surface area contributed by atoms with E-state index in [1.54, 1.807) is 11.8 Å². The Hall–Kier alpha value is -1.73. The standard InChI is InChI=1S/C16H24N4O2S/c1-23-14-7-4-5-12(9-14)19-15(21)11-20-8-3-2-6-13(20)10-18-16(17)22/h4-5,7,9,13H,2-3,6,8,10-11H2,1H3,(H,19,21)(H3,17,18,22)/t13-/m0/s1. The zero-order valence-corrected chi connectivity index (χ0v) is 14.2. The summed E-state index contributed by atoms with van der Waals surface area (Å²) in [5.41, 5.74) is 5.95. The fraction of sp³-hybridized carbons (Fsp3) is 0.500. The second-order valence-electron chi connectivity index (χ2n) is 5.65. The molecule has 0 aliphatic carbocycles. The summed E-state index contributed by atoms with van der Waals surface area (Å²) < 4.78 is 0. The third kappa shape index (κ3) is 5.76. The van der Waals surface area contributed by atoms with E-state index in [-0.39, 0.29) is 11.9 Å². The molecule has 1 atom stereocenters. The van der Waals surface area contributed by atoms with Gasteiger partial charge < -0.3 is 16.4 Å². The lowest BCUT2D eigenvalue weighted by atomic mass is 10.0. The van der Waals surface area contributed by atoms with Gasteiger partial charge in [0.1, 0.15) is 0 Å². The highest BCUT2D eigenvalue weighted by molar-refractivity contribution is 7.98. The highest BCUT2D eigenvalue weighted by Crippen LogP contribution is 2.20. The molecular weight excluding hydrogens is 312 g/mol. The summed E-state index contributed by atoms with van der Waals surface area (Å²) in [6.07, 6.45) is 5.15. The molecule has 2 rings (SSSR count). The van der Waals surface area contributed by atoms with Crippen molar-refractivity contribution in [3.63, 3.8) is 0 Å². The van der Waals surface area contributed by atoms with Gasteiger partial charge in [-0.1, -0.05) is 12.5 Å². The lowest BCUT2D eigenvalue weighted by Gasteiger charge is -2.35. The Morgan fingerprint density at radius 3 is 2.96 bits per heavy atom. The van der Waals surface area contributed by atoms with Crippen LogP contribution in [0, 0.1) is 0 Å². The number of likely N-dealkylation sites (tertiary alicyclic amines) is 1. The molecule has 126 valence electrons. The predicted octanol–water partition coefficient (Wildman–Crippen LogP) is 1.87. The van der Waals surface area contributed by atoms with E-state index >= 15 is 0 Å². The average molecular weight is 336 g/mol. The average Bonchev–Trinajstić information content (AvgIpc) is 2.54. The Bertz CT molecular complexity index is 553. The van der Waals surface area contributed by atoms with Gasteiger partial charge in [-0.2, -0.15) is 0 Å². The monoisotopic (exact) mass is 336 g/mol. The maximum atomic E-state index is 12.3. The van der Waals surface area contributed by atoms with Crippen molar-refractivity contribution in [1.29, 1.82) is 0 Å². The number of primary amides is 1. The number of amides is 3. The van der Waals surface area contributed by atoms with Gasteiger partial charge in [-0.15, -0.1) is 11.8 Å². The van der Waals surface area contributed by atoms with Crippen LogP contribution in [0.15, 0.2) is 29.2 Å². The number of carbonyl (C=O) groups excluding carboxylic acids is 2. The number of nitrogens with two attached hydrogens (primary N) is 1. The fourth-order valence-corrected chi connectivity index (χ4v) is 3.26. The molecule has 23 heavy (non-hydrogen) atoms. The van der Waals surface area contributed by atoms with E-state index in [1.165, 1.54) is 0 Å². The molecule has 3 amide bonds. The number of hydrogen-bond donors (Lipinski definition) is 3. The summed E-state index contributed by atoms with van der Waals surface area (Å²) in [5, 5.41) is 5.59. The molecular formula is C16H24N4O2S. The quantitative estimate of drug-likeness (QED) is 0.692. The summed E-state index contributed by atoms with van der Waals surface area (Å²) in [5.74, 6) is -0.0331. The number of benzene rings is 1. The van der Waals surface area contributed by atoms with Crippen molar-refractivity contribution in [2.24, 2.45) is 5.73 Å². The topological polar surface area (TPSA) is 87.5 Å². The Morgan fingerprint density at radius 1 is 1.39 bits per heavy atom. The highest BCUT2D eigenvalue weighted by Gasteiger charge is 2.24. The first-order chi connectivity index (χ1) is 11.1. The minimum absolute atomic E-state index is 0.0331. The predicted molar refractivity (Wildman–Crippen MR) is 93.7 cm³/mol. The minimum Gasteiger partial charge on any atom is -0.352 e.